The molecule has 1 atom stereocenters. The summed E-state index contributed by atoms with van der Waals surface area (Å²) in [6, 6.07) is 7.42. The number of carbonyl (C=O) groups is 1. The molecule has 3 heterocycles. The van der Waals surface area contributed by atoms with E-state index < -0.39 is 0 Å². The molecule has 23 heavy (non-hydrogen) atoms. The summed E-state index contributed by atoms with van der Waals surface area (Å²) in [5, 5.41) is 6.51. The van der Waals surface area contributed by atoms with Crippen LogP contribution in [0.25, 0.3) is 10.6 Å². The molecule has 4 rings (SSSR count). The van der Waals surface area contributed by atoms with E-state index in [0.29, 0.717) is 6.54 Å². The Hall–Kier alpha value is -1.95. The average molecular weight is 329 g/mol. The summed E-state index contributed by atoms with van der Waals surface area (Å²) >= 11 is 1.61. The maximum atomic E-state index is 12.4. The van der Waals surface area contributed by atoms with Crippen LogP contribution in [-0.2, 0) is 11.3 Å². The Kier molecular flexibility index (Phi) is 3.77. The smallest absolute Gasteiger partial charge is 0.266 e. The Morgan fingerprint density at radius 1 is 1.26 bits per heavy atom. The Labute approximate surface area is 138 Å². The Bertz CT molecular complexity index is 764. The van der Waals surface area contributed by atoms with Crippen molar-refractivity contribution >= 4 is 17.2 Å². The van der Waals surface area contributed by atoms with E-state index in [0.717, 1.165) is 42.8 Å². The van der Waals surface area contributed by atoms with Gasteiger partial charge in [-0.05, 0) is 43.2 Å². The van der Waals surface area contributed by atoms with Crippen LogP contribution in [0.1, 0.15) is 25.7 Å². The molecule has 1 aliphatic heterocycles. The zero-order valence-corrected chi connectivity index (χ0v) is 13.7. The van der Waals surface area contributed by atoms with Gasteiger partial charge in [-0.2, -0.15) is 5.10 Å². The van der Waals surface area contributed by atoms with Crippen molar-refractivity contribution in [1.29, 1.82) is 0 Å². The van der Waals surface area contributed by atoms with E-state index >= 15 is 0 Å². The highest BCUT2D eigenvalue weighted by molar-refractivity contribution is 7.13. The molecule has 0 N–H and O–H groups in total. The molecular weight excluding hydrogens is 310 g/mol. The molecule has 1 aliphatic carbocycles. The second-order valence-electron chi connectivity index (χ2n) is 6.32. The minimum absolute atomic E-state index is 0.101. The number of rotatable bonds is 4. The molecule has 2 fully saturated rings. The third-order valence-corrected chi connectivity index (χ3v) is 5.50. The largest absolute Gasteiger partial charge is 0.338 e. The second-order valence-corrected chi connectivity index (χ2v) is 7.27. The van der Waals surface area contributed by atoms with Crippen LogP contribution in [0.2, 0.25) is 0 Å². The zero-order chi connectivity index (χ0) is 15.8. The molecular formula is C17H19N3O2S. The van der Waals surface area contributed by atoms with Crippen molar-refractivity contribution in [2.75, 3.05) is 6.54 Å². The first-order chi connectivity index (χ1) is 11.2. The van der Waals surface area contributed by atoms with Gasteiger partial charge in [-0.3, -0.25) is 9.59 Å². The van der Waals surface area contributed by atoms with Crippen molar-refractivity contribution in [2.45, 2.75) is 38.3 Å². The van der Waals surface area contributed by atoms with Gasteiger partial charge in [0.05, 0.1) is 17.5 Å². The highest BCUT2D eigenvalue weighted by atomic mass is 32.1. The minimum atomic E-state index is -0.101. The molecule has 1 amide bonds. The Morgan fingerprint density at radius 3 is 2.87 bits per heavy atom. The van der Waals surface area contributed by atoms with E-state index in [1.165, 1.54) is 4.68 Å². The monoisotopic (exact) mass is 329 g/mol. The van der Waals surface area contributed by atoms with E-state index in [9.17, 15) is 9.59 Å². The standard InChI is InChI=1S/C17H19N3O2S/c21-16-8-7-14(15-4-2-10-23-15)18-20(16)11-13-3-1-9-19(13)17(22)12-5-6-12/h2,4,7-8,10,12-13H,1,3,5-6,9,11H2/t13-/m1/s1. The maximum absolute atomic E-state index is 12.4. The molecule has 0 spiro atoms. The molecule has 2 aromatic heterocycles. The zero-order valence-electron chi connectivity index (χ0n) is 12.9. The van der Waals surface area contributed by atoms with Gasteiger partial charge in [-0.15, -0.1) is 11.3 Å². The van der Waals surface area contributed by atoms with E-state index in [4.69, 9.17) is 0 Å². The van der Waals surface area contributed by atoms with Gasteiger partial charge in [0.2, 0.25) is 5.91 Å². The van der Waals surface area contributed by atoms with Crippen LogP contribution in [0.3, 0.4) is 0 Å². The molecule has 0 unspecified atom stereocenters. The van der Waals surface area contributed by atoms with Gasteiger partial charge < -0.3 is 4.90 Å². The van der Waals surface area contributed by atoms with Gasteiger partial charge in [-0.1, -0.05) is 6.07 Å². The third-order valence-electron chi connectivity index (χ3n) is 4.61. The molecule has 2 aromatic rings. The lowest BCUT2D eigenvalue weighted by Gasteiger charge is -2.25. The van der Waals surface area contributed by atoms with E-state index in [2.05, 4.69) is 5.10 Å². The predicted molar refractivity (Wildman–Crippen MR) is 89.3 cm³/mol. The van der Waals surface area contributed by atoms with Gasteiger partial charge in [0.25, 0.3) is 5.56 Å². The van der Waals surface area contributed by atoms with Gasteiger partial charge in [0.1, 0.15) is 5.69 Å². The predicted octanol–water partition coefficient (Wildman–Crippen LogP) is 2.37. The topological polar surface area (TPSA) is 55.2 Å². The van der Waals surface area contributed by atoms with Crippen molar-refractivity contribution in [1.82, 2.24) is 14.7 Å². The summed E-state index contributed by atoms with van der Waals surface area (Å²) in [6.45, 7) is 1.32. The SMILES string of the molecule is O=C(C1CC1)N1CCC[C@@H]1Cn1nc(-c2cccs2)ccc1=O. The number of likely N-dealkylation sites (tertiary alicyclic amines) is 1. The Morgan fingerprint density at radius 2 is 2.13 bits per heavy atom. The molecule has 5 nitrogen and oxygen atoms in total. The number of thiophene rings is 1. The van der Waals surface area contributed by atoms with Crippen molar-refractivity contribution in [3.63, 3.8) is 0 Å². The second kappa shape index (κ2) is 5.92. The minimum Gasteiger partial charge on any atom is -0.338 e. The molecule has 0 bridgehead atoms. The molecule has 0 aromatic carbocycles. The quantitative estimate of drug-likeness (QED) is 0.865. The van der Waals surface area contributed by atoms with Crippen LogP contribution >= 0.6 is 11.3 Å². The van der Waals surface area contributed by atoms with Crippen molar-refractivity contribution in [2.24, 2.45) is 5.92 Å². The highest BCUT2D eigenvalue weighted by Crippen LogP contribution is 2.33. The van der Waals surface area contributed by atoms with Crippen molar-refractivity contribution in [3.05, 3.63) is 40.0 Å². The first kappa shape index (κ1) is 14.6. The number of aromatic nitrogens is 2. The first-order valence-corrected chi connectivity index (χ1v) is 9.03. The summed E-state index contributed by atoms with van der Waals surface area (Å²) in [5.41, 5.74) is 0.716. The van der Waals surface area contributed by atoms with Crippen LogP contribution in [-0.4, -0.2) is 33.2 Å². The molecule has 6 heteroatoms. The van der Waals surface area contributed by atoms with Gasteiger partial charge in [0.15, 0.2) is 0 Å². The maximum Gasteiger partial charge on any atom is 0.266 e. The number of hydrogen-bond donors (Lipinski definition) is 0. The molecule has 0 radical (unpaired) electrons. The summed E-state index contributed by atoms with van der Waals surface area (Å²) < 4.78 is 1.53. The van der Waals surface area contributed by atoms with E-state index in [1.54, 1.807) is 23.5 Å². The summed E-state index contributed by atoms with van der Waals surface area (Å²) in [6.07, 6.45) is 4.01. The molecule has 2 aliphatic rings. The van der Waals surface area contributed by atoms with Crippen LogP contribution in [0.5, 0.6) is 0 Å². The average Bonchev–Trinajstić information content (AvgIpc) is 3.07. The summed E-state index contributed by atoms with van der Waals surface area (Å²) in [5.74, 6) is 0.507. The van der Waals surface area contributed by atoms with Crippen LogP contribution in [0.15, 0.2) is 34.4 Å². The van der Waals surface area contributed by atoms with Crippen LogP contribution in [0.4, 0.5) is 0 Å². The van der Waals surface area contributed by atoms with Crippen LogP contribution in [0, 0.1) is 5.92 Å². The normalized spacial score (nSPS) is 20.9. The third kappa shape index (κ3) is 2.95. The fraction of sp³-hybridized carbons (Fsp3) is 0.471. The van der Waals surface area contributed by atoms with Crippen molar-refractivity contribution in [3.8, 4) is 10.6 Å². The summed E-state index contributed by atoms with van der Waals surface area (Å²) in [4.78, 5) is 27.5. The van der Waals surface area contributed by atoms with E-state index in [1.807, 2.05) is 22.4 Å². The fourth-order valence-corrected chi connectivity index (χ4v) is 3.91. The van der Waals surface area contributed by atoms with Gasteiger partial charge in [0, 0.05) is 18.5 Å². The molecule has 120 valence electrons. The first-order valence-electron chi connectivity index (χ1n) is 8.15. The number of hydrogen-bond acceptors (Lipinski definition) is 4. The van der Waals surface area contributed by atoms with Crippen molar-refractivity contribution < 1.29 is 4.79 Å². The fourth-order valence-electron chi connectivity index (χ4n) is 3.22. The lowest BCUT2D eigenvalue weighted by Crippen LogP contribution is -2.41. The molecule has 1 saturated heterocycles. The lowest BCUT2D eigenvalue weighted by molar-refractivity contribution is -0.133. The Balaban J connectivity index is 1.57. The number of amides is 1. The van der Waals surface area contributed by atoms with E-state index in [-0.39, 0.29) is 23.4 Å². The highest BCUT2D eigenvalue weighted by Gasteiger charge is 2.38. The van der Waals surface area contributed by atoms with Crippen LogP contribution < -0.4 is 5.56 Å². The lowest BCUT2D eigenvalue weighted by atomic mass is 10.2. The van der Waals surface area contributed by atoms with Gasteiger partial charge in [-0.25, -0.2) is 4.68 Å². The summed E-state index contributed by atoms with van der Waals surface area (Å²) in [7, 11) is 0. The number of carbonyl (C=O) groups excluding carboxylic acids is 1. The van der Waals surface area contributed by atoms with Gasteiger partial charge >= 0.3 is 0 Å². The number of nitrogens with zero attached hydrogens (tertiary/aromatic N) is 3. The molecule has 1 saturated carbocycles.